The predicted octanol–water partition coefficient (Wildman–Crippen LogP) is 0.379. The van der Waals surface area contributed by atoms with Crippen LogP contribution >= 0.6 is 12.4 Å². The highest BCUT2D eigenvalue weighted by Crippen LogP contribution is 2.52. The van der Waals surface area contributed by atoms with Crippen LogP contribution in [-0.4, -0.2) is 87.8 Å². The van der Waals surface area contributed by atoms with Crippen LogP contribution in [0, 0.1) is 11.8 Å². The van der Waals surface area contributed by atoms with E-state index in [9.17, 15) is 34.8 Å². The molecule has 3 aliphatic rings. The van der Waals surface area contributed by atoms with E-state index in [-0.39, 0.29) is 42.1 Å². The van der Waals surface area contributed by atoms with Gasteiger partial charge >= 0.3 is 0 Å². The number of phenolic OH excluding ortho intramolecular Hbond substituents is 1. The summed E-state index contributed by atoms with van der Waals surface area (Å²) in [6.07, 6.45) is 0.275. The molecule has 11 nitrogen and oxygen atoms in total. The normalized spacial score (nSPS) is 27.6. The molecule has 0 aliphatic heterocycles. The van der Waals surface area contributed by atoms with E-state index in [0.717, 1.165) is 5.56 Å². The molecule has 36 heavy (non-hydrogen) atoms. The molecule has 0 heterocycles. The van der Waals surface area contributed by atoms with E-state index in [1.165, 1.54) is 18.1 Å². The highest BCUT2D eigenvalue weighted by Gasteiger charge is 2.64. The molecule has 0 unspecified atom stereocenters. The molecule has 0 spiro atoms. The van der Waals surface area contributed by atoms with Gasteiger partial charge in [-0.3, -0.25) is 19.3 Å². The van der Waals surface area contributed by atoms with E-state index in [0.29, 0.717) is 12.1 Å². The van der Waals surface area contributed by atoms with Gasteiger partial charge in [0.15, 0.2) is 11.4 Å². The van der Waals surface area contributed by atoms with Gasteiger partial charge in [0.05, 0.1) is 18.7 Å². The SMILES string of the molecule is CON(C)Cc1ccc(O)c2c1C[C@H]1C[C@H]3[C@H](N(C)C)C(=O)C(C(N)=O)=C(O)[C@@]3(O)C(=O)C1=C2O.Cl. The van der Waals surface area contributed by atoms with Gasteiger partial charge in [0.1, 0.15) is 22.8 Å². The number of aliphatic hydroxyl groups excluding tert-OH is 2. The summed E-state index contributed by atoms with van der Waals surface area (Å²) in [4.78, 5) is 45.5. The first-order valence-electron chi connectivity index (χ1n) is 11.1. The molecule has 6 N–H and O–H groups in total. The molecule has 1 aromatic rings. The van der Waals surface area contributed by atoms with Crippen LogP contribution < -0.4 is 5.73 Å². The van der Waals surface area contributed by atoms with Gasteiger partial charge in [-0.15, -0.1) is 12.4 Å². The summed E-state index contributed by atoms with van der Waals surface area (Å²) in [5, 5.41) is 45.7. The lowest BCUT2D eigenvalue weighted by Gasteiger charge is -2.50. The van der Waals surface area contributed by atoms with Crippen molar-refractivity contribution >= 4 is 35.6 Å². The zero-order valence-electron chi connectivity index (χ0n) is 20.3. The number of rotatable bonds is 5. The third kappa shape index (κ3) is 3.78. The number of hydrogen-bond donors (Lipinski definition) is 5. The minimum atomic E-state index is -2.64. The standard InChI is InChI=1S/C24H29N3O8.ClH/c1-26(2)18-13-8-11-7-12-10(9-27(3)35-4)5-6-14(28)16(12)19(29)15(11)21(31)24(13,34)22(32)17(20(18)30)23(25)33;/h5-6,11,13,18,28-29,32,34H,7-9H2,1-4H3,(H2,25,33);1H/t11-,13-,18-,24-;/m0./s1. The van der Waals surface area contributed by atoms with Crippen molar-refractivity contribution in [2.45, 2.75) is 31.0 Å². The Morgan fingerprint density at radius 2 is 1.83 bits per heavy atom. The highest BCUT2D eigenvalue weighted by molar-refractivity contribution is 6.24. The summed E-state index contributed by atoms with van der Waals surface area (Å²) in [6.45, 7) is 0.333. The minimum Gasteiger partial charge on any atom is -0.508 e. The van der Waals surface area contributed by atoms with Crippen molar-refractivity contribution in [3.05, 3.63) is 45.7 Å². The lowest BCUT2D eigenvalue weighted by molar-refractivity contribution is -0.153. The second-order valence-corrected chi connectivity index (χ2v) is 9.53. The molecule has 196 valence electrons. The second-order valence-electron chi connectivity index (χ2n) is 9.53. The van der Waals surface area contributed by atoms with Crippen molar-refractivity contribution in [3.8, 4) is 5.75 Å². The lowest BCUT2D eigenvalue weighted by atomic mass is 9.57. The maximum atomic E-state index is 13.8. The first-order chi connectivity index (χ1) is 16.4. The van der Waals surface area contributed by atoms with Gasteiger partial charge in [0, 0.05) is 25.1 Å². The van der Waals surface area contributed by atoms with Crippen molar-refractivity contribution in [1.82, 2.24) is 9.96 Å². The number of nitrogens with two attached hydrogens (primary N) is 1. The first kappa shape index (κ1) is 27.6. The fourth-order valence-electron chi connectivity index (χ4n) is 5.76. The maximum absolute atomic E-state index is 13.8. The Hall–Kier alpha value is -2.96. The Morgan fingerprint density at radius 1 is 1.19 bits per heavy atom. The van der Waals surface area contributed by atoms with Crippen LogP contribution in [0.25, 0.3) is 5.76 Å². The van der Waals surface area contributed by atoms with E-state index >= 15 is 0 Å². The maximum Gasteiger partial charge on any atom is 0.255 e. The largest absolute Gasteiger partial charge is 0.508 e. The number of nitrogens with zero attached hydrogens (tertiary/aromatic N) is 2. The molecule has 4 atom stereocenters. The van der Waals surface area contributed by atoms with Crippen LogP contribution in [0.1, 0.15) is 23.1 Å². The number of primary amides is 1. The number of aromatic hydroxyl groups is 1. The van der Waals surface area contributed by atoms with Crippen molar-refractivity contribution in [1.29, 1.82) is 0 Å². The molecule has 1 saturated carbocycles. The summed E-state index contributed by atoms with van der Waals surface area (Å²) in [5.41, 5.74) is 3.09. The Kier molecular flexibility index (Phi) is 7.28. The smallest absolute Gasteiger partial charge is 0.255 e. The number of halogens is 1. The number of hydroxylamine groups is 2. The zero-order chi connectivity index (χ0) is 26.0. The third-order valence-corrected chi connectivity index (χ3v) is 7.41. The summed E-state index contributed by atoms with van der Waals surface area (Å²) < 4.78 is 0. The highest BCUT2D eigenvalue weighted by atomic mass is 35.5. The minimum absolute atomic E-state index is 0. The average Bonchev–Trinajstić information content (AvgIpc) is 2.77. The first-order valence-corrected chi connectivity index (χ1v) is 11.1. The zero-order valence-corrected chi connectivity index (χ0v) is 21.1. The van der Waals surface area contributed by atoms with E-state index in [1.807, 2.05) is 0 Å². The molecule has 1 fully saturated rings. The molecular weight excluding hydrogens is 494 g/mol. The van der Waals surface area contributed by atoms with Gasteiger partial charge in [0.2, 0.25) is 5.78 Å². The van der Waals surface area contributed by atoms with Crippen molar-refractivity contribution in [2.75, 3.05) is 28.3 Å². The summed E-state index contributed by atoms with van der Waals surface area (Å²) in [5.74, 6) is -6.68. The number of ketones is 2. The van der Waals surface area contributed by atoms with Crippen LogP contribution in [0.2, 0.25) is 0 Å². The summed E-state index contributed by atoms with van der Waals surface area (Å²) in [6, 6.07) is 1.98. The Morgan fingerprint density at radius 3 is 2.39 bits per heavy atom. The topological polar surface area (TPSA) is 174 Å². The van der Waals surface area contributed by atoms with Crippen LogP contribution in [0.15, 0.2) is 29.0 Å². The average molecular weight is 524 g/mol. The van der Waals surface area contributed by atoms with Gasteiger partial charge in [-0.25, -0.2) is 0 Å². The van der Waals surface area contributed by atoms with E-state index in [2.05, 4.69) is 0 Å². The van der Waals surface area contributed by atoms with Gasteiger partial charge in [-0.2, -0.15) is 5.06 Å². The van der Waals surface area contributed by atoms with E-state index < -0.39 is 58.0 Å². The second kappa shape index (κ2) is 9.49. The fourth-order valence-corrected chi connectivity index (χ4v) is 5.76. The van der Waals surface area contributed by atoms with E-state index in [1.54, 1.807) is 32.3 Å². The molecule has 0 radical (unpaired) electrons. The molecule has 0 aromatic heterocycles. The predicted molar refractivity (Wildman–Crippen MR) is 130 cm³/mol. The van der Waals surface area contributed by atoms with Crippen molar-refractivity contribution < 1.29 is 39.6 Å². The monoisotopic (exact) mass is 523 g/mol. The Bertz CT molecular complexity index is 1210. The van der Waals surface area contributed by atoms with Crippen LogP contribution in [0.5, 0.6) is 5.75 Å². The van der Waals surface area contributed by atoms with Crippen molar-refractivity contribution in [3.63, 3.8) is 0 Å². The molecule has 0 saturated heterocycles. The quantitative estimate of drug-likeness (QED) is 0.268. The molecule has 3 aliphatic carbocycles. The third-order valence-electron chi connectivity index (χ3n) is 7.41. The van der Waals surface area contributed by atoms with Gasteiger partial charge in [-0.05, 0) is 50.0 Å². The van der Waals surface area contributed by atoms with Gasteiger partial charge < -0.3 is 31.0 Å². The van der Waals surface area contributed by atoms with Crippen LogP contribution in [0.3, 0.4) is 0 Å². The number of hydrogen-bond acceptors (Lipinski definition) is 10. The van der Waals surface area contributed by atoms with E-state index in [4.69, 9.17) is 10.6 Å². The molecule has 0 bridgehead atoms. The molecular formula is C24H30ClN3O8. The van der Waals surface area contributed by atoms with Crippen LogP contribution in [0.4, 0.5) is 0 Å². The summed E-state index contributed by atoms with van der Waals surface area (Å²) in [7, 11) is 6.34. The molecule has 1 amide bonds. The molecule has 4 rings (SSSR count). The Labute approximate surface area is 213 Å². The number of carbonyl (C=O) groups is 3. The number of aliphatic hydroxyl groups is 3. The number of fused-ring (bicyclic) bond motifs is 3. The Balaban J connectivity index is 0.00000361. The number of carbonyl (C=O) groups excluding carboxylic acids is 3. The number of amides is 1. The lowest BCUT2D eigenvalue weighted by Crippen LogP contribution is -2.65. The van der Waals surface area contributed by atoms with Gasteiger partial charge in [-0.1, -0.05) is 6.07 Å². The van der Waals surface area contributed by atoms with Crippen LogP contribution in [-0.2, 0) is 32.2 Å². The number of benzene rings is 1. The number of likely N-dealkylation sites (N-methyl/N-ethyl adjacent to an activating group) is 1. The fraction of sp³-hybridized carbons (Fsp3) is 0.458. The number of Topliss-reactive ketones (excluding diaryl/α,β-unsaturated/α-hetero) is 2. The molecule has 12 heteroatoms. The van der Waals surface area contributed by atoms with Crippen molar-refractivity contribution in [2.24, 2.45) is 17.6 Å². The summed E-state index contributed by atoms with van der Waals surface area (Å²) >= 11 is 0. The molecule has 1 aromatic carbocycles. The van der Waals surface area contributed by atoms with Gasteiger partial charge in [0.25, 0.3) is 5.91 Å². The number of phenols is 1.